The molecule has 0 saturated heterocycles. The number of hydrogen-bond donors (Lipinski definition) is 2. The lowest BCUT2D eigenvalue weighted by atomic mass is 10.1. The first-order valence-electron chi connectivity index (χ1n) is 4.84. The van der Waals surface area contributed by atoms with Gasteiger partial charge in [-0.15, -0.1) is 0 Å². The highest BCUT2D eigenvalue weighted by Gasteiger charge is 2.32. The van der Waals surface area contributed by atoms with Crippen LogP contribution in [-0.2, 0) is 14.3 Å². The van der Waals surface area contributed by atoms with E-state index >= 15 is 0 Å². The summed E-state index contributed by atoms with van der Waals surface area (Å²) in [4.78, 5) is 22.1. The third kappa shape index (κ3) is 6.77. The zero-order chi connectivity index (χ0) is 13.6. The topological polar surface area (TPSA) is 67.4 Å². The lowest BCUT2D eigenvalue weighted by Gasteiger charge is -2.23. The van der Waals surface area contributed by atoms with E-state index in [1.54, 1.807) is 0 Å². The van der Waals surface area contributed by atoms with Gasteiger partial charge in [0.1, 0.15) is 12.6 Å². The number of likely N-dealkylation sites (N-methyl/N-ethyl adjacent to an activating group) is 1. The lowest BCUT2D eigenvalue weighted by Crippen LogP contribution is -2.52. The first-order valence-corrected chi connectivity index (χ1v) is 4.84. The molecule has 0 aromatic rings. The second-order valence-corrected chi connectivity index (χ2v) is 3.42. The first-order chi connectivity index (χ1) is 7.67. The molecule has 0 saturated carbocycles. The summed E-state index contributed by atoms with van der Waals surface area (Å²) in [5.74, 6) is -1.14. The maximum atomic E-state index is 11.9. The van der Waals surface area contributed by atoms with Gasteiger partial charge >= 0.3 is 6.18 Å². The van der Waals surface area contributed by atoms with Crippen molar-refractivity contribution in [2.45, 2.75) is 32.2 Å². The second kappa shape index (κ2) is 6.43. The fourth-order valence-corrected chi connectivity index (χ4v) is 1.09. The maximum Gasteiger partial charge on any atom is 0.411 e. The van der Waals surface area contributed by atoms with Crippen molar-refractivity contribution in [3.05, 3.63) is 0 Å². The Labute approximate surface area is 96.7 Å². The molecule has 0 aliphatic rings. The minimum absolute atomic E-state index is 0.527. The lowest BCUT2D eigenvalue weighted by molar-refractivity contribution is -0.187. The summed E-state index contributed by atoms with van der Waals surface area (Å²) in [7, 11) is 1.31. The number of nitrogens with one attached hydrogen (secondary N) is 2. The summed E-state index contributed by atoms with van der Waals surface area (Å²) in [6.07, 6.45) is -5.56. The zero-order valence-corrected chi connectivity index (χ0v) is 9.72. The molecule has 0 aromatic heterocycles. The van der Waals surface area contributed by atoms with Gasteiger partial charge in [-0.05, 0) is 6.92 Å². The van der Waals surface area contributed by atoms with Crippen molar-refractivity contribution in [1.29, 1.82) is 0 Å². The van der Waals surface area contributed by atoms with Crippen LogP contribution in [0.1, 0.15) is 13.8 Å². The van der Waals surface area contributed by atoms with Gasteiger partial charge in [-0.2, -0.15) is 13.2 Å². The number of carbonyl (C=O) groups is 2. The van der Waals surface area contributed by atoms with Gasteiger partial charge in [0.25, 0.3) is 0 Å². The number of rotatable bonds is 5. The smallest absolute Gasteiger partial charge is 0.366 e. The fourth-order valence-electron chi connectivity index (χ4n) is 1.09. The molecule has 0 aliphatic heterocycles. The Kier molecular flexibility index (Phi) is 5.94. The van der Waals surface area contributed by atoms with E-state index in [2.05, 4.69) is 15.4 Å². The van der Waals surface area contributed by atoms with Crippen LogP contribution in [0.2, 0.25) is 0 Å². The van der Waals surface area contributed by atoms with Crippen molar-refractivity contribution < 1.29 is 27.5 Å². The fraction of sp³-hybridized carbons (Fsp3) is 0.778. The number of alkyl halides is 3. The number of carbonyl (C=O) groups excluding carboxylic acids is 2. The van der Waals surface area contributed by atoms with Gasteiger partial charge in [0.05, 0.1) is 6.10 Å². The third-order valence-corrected chi connectivity index (χ3v) is 1.87. The molecular formula is C9H15F3N2O3. The number of hydrogen-bond acceptors (Lipinski definition) is 3. The molecule has 0 aromatic carbocycles. The van der Waals surface area contributed by atoms with Crippen LogP contribution in [0.5, 0.6) is 0 Å². The highest BCUT2D eigenvalue weighted by Crippen LogP contribution is 2.16. The summed E-state index contributed by atoms with van der Waals surface area (Å²) in [5, 5.41) is 4.46. The molecule has 2 atom stereocenters. The van der Waals surface area contributed by atoms with Gasteiger partial charge in [-0.25, -0.2) is 0 Å². The predicted octanol–water partition coefficient (Wildman–Crippen LogP) is 0.204. The normalized spacial score (nSPS) is 14.9. The maximum absolute atomic E-state index is 11.9. The van der Waals surface area contributed by atoms with E-state index in [0.717, 1.165) is 6.92 Å². The van der Waals surface area contributed by atoms with Crippen molar-refractivity contribution in [3.8, 4) is 0 Å². The molecular weight excluding hydrogens is 241 g/mol. The van der Waals surface area contributed by atoms with Gasteiger partial charge in [0.15, 0.2) is 0 Å². The van der Waals surface area contributed by atoms with E-state index in [0.29, 0.717) is 0 Å². The Morgan fingerprint density at radius 1 is 1.35 bits per heavy atom. The summed E-state index contributed by atoms with van der Waals surface area (Å²) in [6, 6.07) is -1.15. The highest BCUT2D eigenvalue weighted by molar-refractivity contribution is 5.87. The molecule has 2 amide bonds. The molecule has 100 valence electrons. The van der Waals surface area contributed by atoms with Gasteiger partial charge in [0, 0.05) is 14.0 Å². The predicted molar refractivity (Wildman–Crippen MR) is 53.1 cm³/mol. The minimum atomic E-state index is -4.47. The molecule has 0 radical (unpaired) electrons. The molecule has 5 nitrogen and oxygen atoms in total. The van der Waals surface area contributed by atoms with Crippen molar-refractivity contribution in [2.75, 3.05) is 13.7 Å². The van der Waals surface area contributed by atoms with Crippen LogP contribution >= 0.6 is 0 Å². The summed E-state index contributed by atoms with van der Waals surface area (Å²) < 4.78 is 40.2. The number of halogens is 3. The molecule has 0 rings (SSSR count). The molecule has 2 unspecified atom stereocenters. The van der Waals surface area contributed by atoms with Crippen molar-refractivity contribution in [1.82, 2.24) is 10.6 Å². The van der Waals surface area contributed by atoms with Gasteiger partial charge in [-0.3, -0.25) is 9.59 Å². The van der Waals surface area contributed by atoms with E-state index in [1.807, 2.05) is 0 Å². The van der Waals surface area contributed by atoms with Crippen LogP contribution in [0.25, 0.3) is 0 Å². The average Bonchev–Trinajstić information content (AvgIpc) is 2.20. The molecule has 2 N–H and O–H groups in total. The zero-order valence-electron chi connectivity index (χ0n) is 9.72. The number of ether oxygens (including phenoxy) is 1. The number of amides is 2. The van der Waals surface area contributed by atoms with Gasteiger partial charge < -0.3 is 15.4 Å². The first kappa shape index (κ1) is 15.7. The largest absolute Gasteiger partial charge is 0.411 e. The molecule has 17 heavy (non-hydrogen) atoms. The Morgan fingerprint density at radius 2 is 1.88 bits per heavy atom. The SMILES string of the molecule is CNC(=O)C(NC(C)=O)C(C)OCC(F)(F)F. The summed E-state index contributed by atoms with van der Waals surface area (Å²) >= 11 is 0. The monoisotopic (exact) mass is 256 g/mol. The van der Waals surface area contributed by atoms with Crippen LogP contribution in [0.3, 0.4) is 0 Å². The molecule has 0 aliphatic carbocycles. The summed E-state index contributed by atoms with van der Waals surface area (Å²) in [6.45, 7) is 0.968. The van der Waals surface area contributed by atoms with E-state index in [9.17, 15) is 22.8 Å². The standard InChI is InChI=1S/C9H15F3N2O3/c1-5(17-4-9(10,11)12)7(8(16)13-3)14-6(2)15/h5,7H,4H2,1-3H3,(H,13,16)(H,14,15). The summed E-state index contributed by atoms with van der Waals surface area (Å²) in [5.41, 5.74) is 0. The Balaban J connectivity index is 4.47. The molecule has 0 spiro atoms. The highest BCUT2D eigenvalue weighted by atomic mass is 19.4. The van der Waals surface area contributed by atoms with E-state index < -0.39 is 36.7 Å². The van der Waals surface area contributed by atoms with Crippen molar-refractivity contribution in [2.24, 2.45) is 0 Å². The van der Waals surface area contributed by atoms with E-state index in [-0.39, 0.29) is 0 Å². The van der Waals surface area contributed by atoms with Gasteiger partial charge in [0.2, 0.25) is 11.8 Å². The Hall–Kier alpha value is -1.31. The molecule has 8 heteroatoms. The van der Waals surface area contributed by atoms with Gasteiger partial charge in [-0.1, -0.05) is 0 Å². The molecule has 0 fully saturated rings. The average molecular weight is 256 g/mol. The molecule has 0 heterocycles. The second-order valence-electron chi connectivity index (χ2n) is 3.42. The van der Waals surface area contributed by atoms with Crippen LogP contribution in [-0.4, -0.2) is 43.8 Å². The Bertz CT molecular complexity index is 281. The van der Waals surface area contributed by atoms with E-state index in [4.69, 9.17) is 0 Å². The van der Waals surface area contributed by atoms with Crippen LogP contribution in [0.4, 0.5) is 13.2 Å². The molecule has 0 bridgehead atoms. The van der Waals surface area contributed by atoms with Crippen molar-refractivity contribution in [3.63, 3.8) is 0 Å². The van der Waals surface area contributed by atoms with Crippen LogP contribution in [0.15, 0.2) is 0 Å². The van der Waals surface area contributed by atoms with Crippen molar-refractivity contribution >= 4 is 11.8 Å². The minimum Gasteiger partial charge on any atom is -0.366 e. The van der Waals surface area contributed by atoms with E-state index in [1.165, 1.54) is 14.0 Å². The quantitative estimate of drug-likeness (QED) is 0.738. The third-order valence-electron chi connectivity index (χ3n) is 1.87. The van der Waals surface area contributed by atoms with Crippen LogP contribution < -0.4 is 10.6 Å². The van der Waals surface area contributed by atoms with Crippen LogP contribution in [0, 0.1) is 0 Å². The Morgan fingerprint density at radius 3 is 2.24 bits per heavy atom.